The molecule has 1 unspecified atom stereocenters. The van der Waals surface area contributed by atoms with Crippen LogP contribution in [-0.2, 0) is 4.79 Å². The summed E-state index contributed by atoms with van der Waals surface area (Å²) < 4.78 is 1.87. The zero-order valence-corrected chi connectivity index (χ0v) is 15.9. The number of aromatic nitrogens is 3. The Morgan fingerprint density at radius 3 is 2.79 bits per heavy atom. The quantitative estimate of drug-likeness (QED) is 0.523. The maximum Gasteiger partial charge on any atom is 0.240 e. The summed E-state index contributed by atoms with van der Waals surface area (Å²) in [7, 11) is 0. The monoisotopic (exact) mass is 391 g/mol. The zero-order valence-electron chi connectivity index (χ0n) is 15.1. The fraction of sp³-hybridized carbons (Fsp3) is 0.0952. The molecule has 4 rings (SSSR count). The van der Waals surface area contributed by atoms with Crippen molar-refractivity contribution in [3.05, 3.63) is 72.0 Å². The van der Waals surface area contributed by atoms with Gasteiger partial charge in [-0.25, -0.2) is 9.97 Å². The lowest BCUT2D eigenvalue weighted by molar-refractivity contribution is -0.120. The third-order valence-electron chi connectivity index (χ3n) is 4.60. The Morgan fingerprint density at radius 1 is 1.18 bits per heavy atom. The Kier molecular flexibility index (Phi) is 4.71. The van der Waals surface area contributed by atoms with Gasteiger partial charge in [0.15, 0.2) is 0 Å². The standard InChI is InChI=1S/C21H18ClN5O/c1-13(20(23)28)27-11-9-17-16(6-3-7-19(17)27)18-8-10-24-21(26-18)25-15-5-2-4-14(22)12-15/h2-13H,1H3,(H2,23,28)(H,24,25,26). The van der Waals surface area contributed by atoms with Crippen molar-refractivity contribution in [3.63, 3.8) is 0 Å². The first-order chi connectivity index (χ1) is 13.5. The molecule has 0 aliphatic heterocycles. The number of hydrogen-bond acceptors (Lipinski definition) is 4. The van der Waals surface area contributed by atoms with Gasteiger partial charge in [-0.2, -0.15) is 0 Å². The van der Waals surface area contributed by atoms with Crippen molar-refractivity contribution in [1.82, 2.24) is 14.5 Å². The van der Waals surface area contributed by atoms with Crippen molar-refractivity contribution in [3.8, 4) is 11.3 Å². The molecule has 0 radical (unpaired) electrons. The molecule has 1 amide bonds. The van der Waals surface area contributed by atoms with E-state index in [4.69, 9.17) is 17.3 Å². The Balaban J connectivity index is 1.73. The summed E-state index contributed by atoms with van der Waals surface area (Å²) in [6, 6.07) is 16.7. The molecule has 0 aliphatic carbocycles. The number of fused-ring (bicyclic) bond motifs is 1. The number of benzene rings is 2. The van der Waals surface area contributed by atoms with Gasteiger partial charge in [0.2, 0.25) is 11.9 Å². The van der Waals surface area contributed by atoms with Gasteiger partial charge in [0.25, 0.3) is 0 Å². The van der Waals surface area contributed by atoms with E-state index in [2.05, 4.69) is 15.3 Å². The van der Waals surface area contributed by atoms with E-state index in [1.54, 1.807) is 13.1 Å². The molecule has 4 aromatic rings. The molecule has 2 heterocycles. The molecule has 0 saturated carbocycles. The highest BCUT2D eigenvalue weighted by molar-refractivity contribution is 6.30. The van der Waals surface area contributed by atoms with Crippen LogP contribution in [0.2, 0.25) is 5.02 Å². The van der Waals surface area contributed by atoms with Crippen molar-refractivity contribution in [2.45, 2.75) is 13.0 Å². The average Bonchev–Trinajstić information content (AvgIpc) is 3.11. The molecule has 0 saturated heterocycles. The van der Waals surface area contributed by atoms with Crippen molar-refractivity contribution in [2.24, 2.45) is 5.73 Å². The second-order valence-electron chi connectivity index (χ2n) is 6.44. The first-order valence-corrected chi connectivity index (χ1v) is 9.15. The maximum atomic E-state index is 11.6. The number of anilines is 2. The first-order valence-electron chi connectivity index (χ1n) is 8.78. The summed E-state index contributed by atoms with van der Waals surface area (Å²) >= 11 is 6.04. The van der Waals surface area contributed by atoms with Crippen molar-refractivity contribution >= 4 is 40.0 Å². The van der Waals surface area contributed by atoms with Crippen LogP contribution in [0.4, 0.5) is 11.6 Å². The van der Waals surface area contributed by atoms with Gasteiger partial charge in [-0.1, -0.05) is 29.8 Å². The smallest absolute Gasteiger partial charge is 0.240 e. The summed E-state index contributed by atoms with van der Waals surface area (Å²) in [5, 5.41) is 4.79. The molecule has 7 heteroatoms. The summed E-state index contributed by atoms with van der Waals surface area (Å²) in [6.45, 7) is 1.78. The fourth-order valence-electron chi connectivity index (χ4n) is 3.15. The van der Waals surface area contributed by atoms with Crippen molar-refractivity contribution in [1.29, 1.82) is 0 Å². The van der Waals surface area contributed by atoms with E-state index in [9.17, 15) is 4.79 Å². The molecule has 2 aromatic carbocycles. The van der Waals surface area contributed by atoms with Crippen molar-refractivity contribution < 1.29 is 4.79 Å². The third kappa shape index (κ3) is 3.42. The van der Waals surface area contributed by atoms with Crippen LogP contribution in [0.5, 0.6) is 0 Å². The van der Waals surface area contributed by atoms with Crippen LogP contribution in [-0.4, -0.2) is 20.4 Å². The Hall–Kier alpha value is -3.38. The minimum atomic E-state index is -0.432. The number of halogens is 1. The summed E-state index contributed by atoms with van der Waals surface area (Å²) in [4.78, 5) is 20.5. The Bertz CT molecular complexity index is 1170. The van der Waals surface area contributed by atoms with Gasteiger partial charge < -0.3 is 15.6 Å². The van der Waals surface area contributed by atoms with E-state index < -0.39 is 6.04 Å². The topological polar surface area (TPSA) is 85.8 Å². The number of amides is 1. The van der Waals surface area contributed by atoms with Gasteiger partial charge in [0, 0.05) is 39.6 Å². The molecular formula is C21H18ClN5O. The van der Waals surface area contributed by atoms with E-state index in [1.165, 1.54) is 0 Å². The average molecular weight is 392 g/mol. The predicted molar refractivity (Wildman–Crippen MR) is 112 cm³/mol. The molecule has 28 heavy (non-hydrogen) atoms. The van der Waals surface area contributed by atoms with Crippen LogP contribution >= 0.6 is 11.6 Å². The zero-order chi connectivity index (χ0) is 19.7. The molecule has 1 atom stereocenters. The number of primary amides is 1. The summed E-state index contributed by atoms with van der Waals surface area (Å²) in [5.74, 6) is 0.0969. The number of hydrogen-bond donors (Lipinski definition) is 2. The van der Waals surface area contributed by atoms with Crippen LogP contribution in [0.3, 0.4) is 0 Å². The molecule has 140 valence electrons. The number of carbonyl (C=O) groups excluding carboxylic acids is 1. The lowest BCUT2D eigenvalue weighted by Gasteiger charge is -2.12. The van der Waals surface area contributed by atoms with Gasteiger partial charge in [0.05, 0.1) is 5.69 Å². The largest absolute Gasteiger partial charge is 0.368 e. The normalized spacial score (nSPS) is 12.1. The Morgan fingerprint density at radius 2 is 2.00 bits per heavy atom. The van der Waals surface area contributed by atoms with E-state index in [1.807, 2.05) is 65.4 Å². The van der Waals surface area contributed by atoms with Crippen molar-refractivity contribution in [2.75, 3.05) is 5.32 Å². The molecule has 0 aliphatic rings. The SMILES string of the molecule is CC(C(N)=O)n1ccc2c(-c3ccnc(Nc4cccc(Cl)c4)n3)cccc21. The lowest BCUT2D eigenvalue weighted by atomic mass is 10.1. The van der Waals surface area contributed by atoms with Gasteiger partial charge in [-0.05, 0) is 43.3 Å². The number of nitrogens with one attached hydrogen (secondary N) is 1. The third-order valence-corrected chi connectivity index (χ3v) is 4.84. The van der Waals surface area contributed by atoms with Crippen LogP contribution in [0.15, 0.2) is 67.0 Å². The van der Waals surface area contributed by atoms with Gasteiger partial charge >= 0.3 is 0 Å². The minimum absolute atomic E-state index is 0.377. The minimum Gasteiger partial charge on any atom is -0.368 e. The van der Waals surface area contributed by atoms with E-state index in [0.29, 0.717) is 11.0 Å². The molecule has 0 spiro atoms. The molecule has 6 nitrogen and oxygen atoms in total. The van der Waals surface area contributed by atoms with Gasteiger partial charge in [-0.3, -0.25) is 4.79 Å². The van der Waals surface area contributed by atoms with Crippen LogP contribution in [0.1, 0.15) is 13.0 Å². The molecule has 0 fully saturated rings. The Labute approximate surface area is 167 Å². The molecule has 0 bridgehead atoms. The lowest BCUT2D eigenvalue weighted by Crippen LogP contribution is -2.23. The molecular weight excluding hydrogens is 374 g/mol. The van der Waals surface area contributed by atoms with Gasteiger partial charge in [-0.15, -0.1) is 0 Å². The number of nitrogens with two attached hydrogens (primary N) is 1. The van der Waals surface area contributed by atoms with Crippen LogP contribution in [0.25, 0.3) is 22.2 Å². The fourth-order valence-corrected chi connectivity index (χ4v) is 3.34. The molecule has 3 N–H and O–H groups in total. The number of carbonyl (C=O) groups is 1. The highest BCUT2D eigenvalue weighted by atomic mass is 35.5. The maximum absolute atomic E-state index is 11.6. The number of rotatable bonds is 5. The second kappa shape index (κ2) is 7.32. The van der Waals surface area contributed by atoms with Crippen LogP contribution < -0.4 is 11.1 Å². The summed E-state index contributed by atoms with van der Waals surface area (Å²) in [6.07, 6.45) is 3.58. The van der Waals surface area contributed by atoms with Gasteiger partial charge in [0.1, 0.15) is 6.04 Å². The summed E-state index contributed by atoms with van der Waals surface area (Å²) in [5.41, 5.74) is 8.93. The highest BCUT2D eigenvalue weighted by Gasteiger charge is 2.15. The number of nitrogens with zero attached hydrogens (tertiary/aromatic N) is 3. The first kappa shape index (κ1) is 18.0. The van der Waals surface area contributed by atoms with E-state index in [0.717, 1.165) is 27.8 Å². The predicted octanol–water partition coefficient (Wildman–Crippen LogP) is 4.54. The van der Waals surface area contributed by atoms with Crippen LogP contribution in [0, 0.1) is 0 Å². The van der Waals surface area contributed by atoms with E-state index >= 15 is 0 Å². The highest BCUT2D eigenvalue weighted by Crippen LogP contribution is 2.30. The van der Waals surface area contributed by atoms with E-state index in [-0.39, 0.29) is 5.91 Å². The molecule has 2 aromatic heterocycles. The second-order valence-corrected chi connectivity index (χ2v) is 6.88.